The zero-order valence-corrected chi connectivity index (χ0v) is 14.4. The highest BCUT2D eigenvalue weighted by Gasteiger charge is 2.27. The van der Waals surface area contributed by atoms with Gasteiger partial charge in [0.15, 0.2) is 5.78 Å². The average Bonchev–Trinajstić information content (AvgIpc) is 3.01. The fourth-order valence-corrected chi connectivity index (χ4v) is 2.87. The van der Waals surface area contributed by atoms with Gasteiger partial charge in [0.25, 0.3) is 5.91 Å². The third-order valence-corrected chi connectivity index (χ3v) is 4.23. The molecule has 0 spiro atoms. The summed E-state index contributed by atoms with van der Waals surface area (Å²) in [5, 5.41) is 0. The van der Waals surface area contributed by atoms with E-state index < -0.39 is 0 Å². The molecule has 1 saturated heterocycles. The number of hydrogen-bond donors (Lipinski definition) is 1. The van der Waals surface area contributed by atoms with Crippen LogP contribution in [0, 0.1) is 6.92 Å². The Morgan fingerprint density at radius 3 is 2.25 bits per heavy atom. The Bertz CT molecular complexity index is 743. The van der Waals surface area contributed by atoms with Crippen molar-refractivity contribution in [3.8, 4) is 0 Å². The van der Waals surface area contributed by atoms with E-state index >= 15 is 0 Å². The first kappa shape index (κ1) is 18.2. The number of likely N-dealkylation sites (tertiary alicyclic amines) is 1. The predicted molar refractivity (Wildman–Crippen MR) is 96.8 cm³/mol. The van der Waals surface area contributed by atoms with E-state index in [1.807, 2.05) is 19.1 Å². The summed E-state index contributed by atoms with van der Waals surface area (Å²) in [5.41, 5.74) is 8.47. The lowest BCUT2D eigenvalue weighted by molar-refractivity contribution is 0.0786. The zero-order chi connectivity index (χ0) is 16.4. The predicted octanol–water partition coefficient (Wildman–Crippen LogP) is 2.82. The molecule has 2 aromatic rings. The number of nitrogens with zero attached hydrogens (tertiary/aromatic N) is 1. The van der Waals surface area contributed by atoms with E-state index in [0.717, 1.165) is 12.0 Å². The Hall–Kier alpha value is -2.17. The quantitative estimate of drug-likeness (QED) is 0.871. The van der Waals surface area contributed by atoms with Crippen LogP contribution in [0.2, 0.25) is 0 Å². The first-order chi connectivity index (χ1) is 11.1. The molecule has 1 atom stereocenters. The third-order valence-electron chi connectivity index (χ3n) is 4.23. The highest BCUT2D eigenvalue weighted by molar-refractivity contribution is 6.15. The minimum atomic E-state index is -0.127. The second kappa shape index (κ2) is 7.60. The van der Waals surface area contributed by atoms with E-state index in [2.05, 4.69) is 0 Å². The number of halogens is 1. The average molecular weight is 345 g/mol. The number of carbonyl (C=O) groups excluding carboxylic acids is 2. The summed E-state index contributed by atoms with van der Waals surface area (Å²) in [6.07, 6.45) is 0.805. The van der Waals surface area contributed by atoms with Crippen LogP contribution in [0.25, 0.3) is 0 Å². The van der Waals surface area contributed by atoms with Crippen LogP contribution in [0.15, 0.2) is 48.5 Å². The van der Waals surface area contributed by atoms with Gasteiger partial charge in [-0.15, -0.1) is 12.4 Å². The van der Waals surface area contributed by atoms with E-state index in [-0.39, 0.29) is 30.1 Å². The van der Waals surface area contributed by atoms with Crippen molar-refractivity contribution >= 4 is 24.1 Å². The van der Waals surface area contributed by atoms with Gasteiger partial charge in [-0.2, -0.15) is 0 Å². The maximum absolute atomic E-state index is 12.8. The van der Waals surface area contributed by atoms with Crippen LogP contribution in [0.1, 0.15) is 38.3 Å². The number of ketones is 1. The van der Waals surface area contributed by atoms with Crippen LogP contribution < -0.4 is 5.73 Å². The highest BCUT2D eigenvalue weighted by atomic mass is 35.5. The van der Waals surface area contributed by atoms with Gasteiger partial charge in [0.1, 0.15) is 0 Å². The summed E-state index contributed by atoms with van der Waals surface area (Å²) in [6.45, 7) is 3.17. The topological polar surface area (TPSA) is 63.4 Å². The Morgan fingerprint density at radius 2 is 1.67 bits per heavy atom. The van der Waals surface area contributed by atoms with Crippen LogP contribution in [0.5, 0.6) is 0 Å². The number of rotatable bonds is 3. The number of amides is 1. The fraction of sp³-hybridized carbons (Fsp3) is 0.263. The summed E-state index contributed by atoms with van der Waals surface area (Å²) >= 11 is 0. The normalized spacial score (nSPS) is 16.6. The lowest BCUT2D eigenvalue weighted by atomic mass is 9.97. The van der Waals surface area contributed by atoms with Gasteiger partial charge < -0.3 is 10.6 Å². The molecule has 4 nitrogen and oxygen atoms in total. The summed E-state index contributed by atoms with van der Waals surface area (Å²) in [4.78, 5) is 27.2. The smallest absolute Gasteiger partial charge is 0.254 e. The number of carbonyl (C=O) groups is 2. The van der Waals surface area contributed by atoms with Crippen LogP contribution in [-0.4, -0.2) is 35.7 Å². The molecule has 5 heteroatoms. The summed E-state index contributed by atoms with van der Waals surface area (Å²) in [5.74, 6) is -0.244. The molecule has 0 radical (unpaired) electrons. The SMILES string of the molecule is Cc1ccc(C(=O)c2ccccc2C(=O)N2CC[C@@H](N)C2)cc1.Cl. The van der Waals surface area contributed by atoms with Crippen LogP contribution in [0.3, 0.4) is 0 Å². The van der Waals surface area contributed by atoms with E-state index in [0.29, 0.717) is 29.8 Å². The van der Waals surface area contributed by atoms with Gasteiger partial charge in [-0.3, -0.25) is 9.59 Å². The van der Waals surface area contributed by atoms with Crippen LogP contribution in [-0.2, 0) is 0 Å². The van der Waals surface area contributed by atoms with E-state index in [1.165, 1.54) is 0 Å². The van der Waals surface area contributed by atoms with Crippen molar-refractivity contribution < 1.29 is 9.59 Å². The van der Waals surface area contributed by atoms with Gasteiger partial charge in [0.05, 0.1) is 5.56 Å². The lowest BCUT2D eigenvalue weighted by Crippen LogP contribution is -2.32. The molecule has 24 heavy (non-hydrogen) atoms. The van der Waals surface area contributed by atoms with Gasteiger partial charge >= 0.3 is 0 Å². The van der Waals surface area contributed by atoms with Crippen molar-refractivity contribution in [2.45, 2.75) is 19.4 Å². The number of benzene rings is 2. The van der Waals surface area contributed by atoms with Gasteiger partial charge in [-0.1, -0.05) is 48.0 Å². The summed E-state index contributed by atoms with van der Waals surface area (Å²) in [7, 11) is 0. The highest BCUT2D eigenvalue weighted by Crippen LogP contribution is 2.19. The second-order valence-corrected chi connectivity index (χ2v) is 6.04. The molecule has 1 amide bonds. The third kappa shape index (κ3) is 3.66. The van der Waals surface area contributed by atoms with Gasteiger partial charge in [-0.25, -0.2) is 0 Å². The van der Waals surface area contributed by atoms with Crippen molar-refractivity contribution in [1.82, 2.24) is 4.90 Å². The summed E-state index contributed by atoms with van der Waals surface area (Å²) < 4.78 is 0. The maximum Gasteiger partial charge on any atom is 0.254 e. The van der Waals surface area contributed by atoms with Crippen molar-refractivity contribution in [2.75, 3.05) is 13.1 Å². The molecule has 0 aliphatic carbocycles. The molecule has 126 valence electrons. The molecule has 2 N–H and O–H groups in total. The Morgan fingerprint density at radius 1 is 1.04 bits per heavy atom. The lowest BCUT2D eigenvalue weighted by Gasteiger charge is -2.17. The molecule has 1 aliphatic rings. The van der Waals surface area contributed by atoms with E-state index in [4.69, 9.17) is 5.73 Å². The molecule has 1 fully saturated rings. The molecule has 1 aliphatic heterocycles. The Labute approximate surface area is 148 Å². The van der Waals surface area contributed by atoms with Gasteiger partial charge in [-0.05, 0) is 19.4 Å². The number of aryl methyl sites for hydroxylation is 1. The standard InChI is InChI=1S/C19H20N2O2.ClH/c1-13-6-8-14(9-7-13)18(22)16-4-2-3-5-17(16)19(23)21-11-10-15(20)12-21;/h2-9,15H,10-12,20H2,1H3;1H/t15-;/m1./s1. The largest absolute Gasteiger partial charge is 0.337 e. The van der Waals surface area contributed by atoms with Gasteiger partial charge in [0, 0.05) is 30.3 Å². The number of nitrogens with two attached hydrogens (primary N) is 1. The number of hydrogen-bond acceptors (Lipinski definition) is 3. The molecule has 0 aromatic heterocycles. The second-order valence-electron chi connectivity index (χ2n) is 6.04. The van der Waals surface area contributed by atoms with E-state index in [9.17, 15) is 9.59 Å². The van der Waals surface area contributed by atoms with Gasteiger partial charge in [0.2, 0.25) is 0 Å². The fourth-order valence-electron chi connectivity index (χ4n) is 2.87. The van der Waals surface area contributed by atoms with Crippen molar-refractivity contribution in [2.24, 2.45) is 5.73 Å². The first-order valence-corrected chi connectivity index (χ1v) is 7.81. The molecule has 0 saturated carbocycles. The first-order valence-electron chi connectivity index (χ1n) is 7.81. The summed E-state index contributed by atoms with van der Waals surface area (Å²) in [6, 6.07) is 14.4. The molecule has 0 unspecified atom stereocenters. The molecule has 0 bridgehead atoms. The van der Waals surface area contributed by atoms with Crippen LogP contribution >= 0.6 is 12.4 Å². The Balaban J connectivity index is 0.00000208. The monoisotopic (exact) mass is 344 g/mol. The van der Waals surface area contributed by atoms with Crippen molar-refractivity contribution in [3.05, 3.63) is 70.8 Å². The minimum absolute atomic E-state index is 0. The minimum Gasteiger partial charge on any atom is -0.337 e. The maximum atomic E-state index is 12.8. The van der Waals surface area contributed by atoms with Crippen LogP contribution in [0.4, 0.5) is 0 Å². The van der Waals surface area contributed by atoms with Crippen molar-refractivity contribution in [3.63, 3.8) is 0 Å². The van der Waals surface area contributed by atoms with Crippen molar-refractivity contribution in [1.29, 1.82) is 0 Å². The molecule has 1 heterocycles. The zero-order valence-electron chi connectivity index (χ0n) is 13.6. The Kier molecular flexibility index (Phi) is 5.75. The van der Waals surface area contributed by atoms with E-state index in [1.54, 1.807) is 41.3 Å². The molecule has 3 rings (SSSR count). The molecular weight excluding hydrogens is 324 g/mol. The molecule has 2 aromatic carbocycles. The molecular formula is C19H21ClN2O2.